The van der Waals surface area contributed by atoms with Crippen molar-refractivity contribution in [2.24, 2.45) is 0 Å². The summed E-state index contributed by atoms with van der Waals surface area (Å²) in [4.78, 5) is 36.0. The highest BCUT2D eigenvalue weighted by Crippen LogP contribution is 2.34. The predicted molar refractivity (Wildman–Crippen MR) is 82.0 cm³/mol. The molecule has 8 nitrogen and oxygen atoms in total. The fourth-order valence-corrected chi connectivity index (χ4v) is 2.10. The van der Waals surface area contributed by atoms with E-state index in [0.29, 0.717) is 0 Å². The van der Waals surface area contributed by atoms with Gasteiger partial charge in [-0.05, 0) is 26.3 Å². The standard InChI is InChI=1S/C16H20O8/c1-4-22-12(19)7-9-13(15(20)23-5-2)10(17)8-11(18)14(9)16(21)24-6-3/h8,17-18H,4-7H2,1-3H3. The van der Waals surface area contributed by atoms with E-state index in [2.05, 4.69) is 0 Å². The molecule has 0 spiro atoms. The third kappa shape index (κ3) is 4.37. The quantitative estimate of drug-likeness (QED) is 0.567. The molecule has 2 N–H and O–H groups in total. The van der Waals surface area contributed by atoms with E-state index in [1.165, 1.54) is 0 Å². The van der Waals surface area contributed by atoms with E-state index in [-0.39, 0.29) is 36.5 Å². The van der Waals surface area contributed by atoms with E-state index < -0.39 is 35.8 Å². The number of hydrogen-bond donors (Lipinski definition) is 2. The molecule has 0 aromatic heterocycles. The molecule has 0 bridgehead atoms. The molecule has 0 atom stereocenters. The molecule has 0 fully saturated rings. The first-order valence-corrected chi connectivity index (χ1v) is 7.44. The average molecular weight is 340 g/mol. The van der Waals surface area contributed by atoms with Gasteiger partial charge in [0, 0.05) is 6.07 Å². The van der Waals surface area contributed by atoms with Crippen molar-refractivity contribution >= 4 is 17.9 Å². The van der Waals surface area contributed by atoms with E-state index in [1.807, 2.05) is 0 Å². The lowest BCUT2D eigenvalue weighted by Crippen LogP contribution is -2.19. The van der Waals surface area contributed by atoms with Gasteiger partial charge < -0.3 is 24.4 Å². The Balaban J connectivity index is 3.55. The number of hydrogen-bond acceptors (Lipinski definition) is 8. The largest absolute Gasteiger partial charge is 0.507 e. The van der Waals surface area contributed by atoms with Crippen LogP contribution in [-0.2, 0) is 25.4 Å². The van der Waals surface area contributed by atoms with E-state index in [0.717, 1.165) is 6.07 Å². The van der Waals surface area contributed by atoms with E-state index in [1.54, 1.807) is 20.8 Å². The van der Waals surface area contributed by atoms with Gasteiger partial charge in [-0.15, -0.1) is 0 Å². The summed E-state index contributed by atoms with van der Waals surface area (Å²) in [5.74, 6) is -3.82. The number of phenols is 2. The Morgan fingerprint density at radius 1 is 0.833 bits per heavy atom. The molecule has 132 valence electrons. The van der Waals surface area contributed by atoms with E-state index in [9.17, 15) is 24.6 Å². The lowest BCUT2D eigenvalue weighted by molar-refractivity contribution is -0.142. The van der Waals surface area contributed by atoms with Gasteiger partial charge in [-0.3, -0.25) is 4.79 Å². The molecule has 0 heterocycles. The highest BCUT2D eigenvalue weighted by atomic mass is 16.5. The van der Waals surface area contributed by atoms with Crippen LogP contribution in [0, 0.1) is 0 Å². The second-order valence-electron chi connectivity index (χ2n) is 4.57. The first-order chi connectivity index (χ1) is 11.4. The van der Waals surface area contributed by atoms with Crippen LogP contribution in [0.25, 0.3) is 0 Å². The molecule has 8 heteroatoms. The summed E-state index contributed by atoms with van der Waals surface area (Å²) in [6.45, 7) is 4.85. The molecule has 0 amide bonds. The van der Waals surface area contributed by atoms with Gasteiger partial charge in [0.15, 0.2) is 0 Å². The van der Waals surface area contributed by atoms with Gasteiger partial charge in [0.25, 0.3) is 0 Å². The minimum atomic E-state index is -0.931. The van der Waals surface area contributed by atoms with Gasteiger partial charge in [-0.1, -0.05) is 0 Å². The molecule has 0 aliphatic rings. The smallest absolute Gasteiger partial charge is 0.342 e. The second-order valence-corrected chi connectivity index (χ2v) is 4.57. The maximum atomic E-state index is 12.1. The number of aromatic hydroxyl groups is 2. The van der Waals surface area contributed by atoms with Crippen LogP contribution in [0.3, 0.4) is 0 Å². The van der Waals surface area contributed by atoms with Gasteiger partial charge in [-0.25, -0.2) is 9.59 Å². The normalized spacial score (nSPS) is 10.1. The zero-order chi connectivity index (χ0) is 18.3. The lowest BCUT2D eigenvalue weighted by Gasteiger charge is -2.16. The molecule has 0 saturated carbocycles. The molecular weight excluding hydrogens is 320 g/mol. The Labute approximate surface area is 138 Å². The monoisotopic (exact) mass is 340 g/mol. The van der Waals surface area contributed by atoms with Crippen LogP contribution in [0.1, 0.15) is 47.1 Å². The fraction of sp³-hybridized carbons (Fsp3) is 0.438. The number of benzene rings is 1. The van der Waals surface area contributed by atoms with Gasteiger partial charge in [0.2, 0.25) is 0 Å². The summed E-state index contributed by atoms with van der Waals surface area (Å²) in [6, 6.07) is 0.827. The van der Waals surface area contributed by atoms with Crippen molar-refractivity contribution in [1.29, 1.82) is 0 Å². The van der Waals surface area contributed by atoms with Crippen LogP contribution in [0.2, 0.25) is 0 Å². The summed E-state index contributed by atoms with van der Waals surface area (Å²) < 4.78 is 14.5. The van der Waals surface area contributed by atoms with Gasteiger partial charge >= 0.3 is 17.9 Å². The number of ether oxygens (including phenoxy) is 3. The Kier molecular flexibility index (Phi) is 7.03. The molecule has 0 aliphatic carbocycles. The minimum absolute atomic E-state index is 0.0206. The maximum Gasteiger partial charge on any atom is 0.342 e. The van der Waals surface area contributed by atoms with Crippen LogP contribution >= 0.6 is 0 Å². The molecule has 1 aromatic carbocycles. The van der Waals surface area contributed by atoms with Crippen LogP contribution in [-0.4, -0.2) is 47.9 Å². The summed E-state index contributed by atoms with van der Waals surface area (Å²) in [6.07, 6.45) is -0.516. The average Bonchev–Trinajstić information content (AvgIpc) is 2.47. The lowest BCUT2D eigenvalue weighted by atomic mass is 9.96. The number of carbonyl (C=O) groups excluding carboxylic acids is 3. The third-order valence-electron chi connectivity index (χ3n) is 2.97. The summed E-state index contributed by atoms with van der Waals surface area (Å²) >= 11 is 0. The molecule has 0 aliphatic heterocycles. The number of rotatable bonds is 7. The summed E-state index contributed by atoms with van der Waals surface area (Å²) in [5.41, 5.74) is -0.973. The second kappa shape index (κ2) is 8.76. The Morgan fingerprint density at radius 3 is 1.62 bits per heavy atom. The van der Waals surface area contributed by atoms with Gasteiger partial charge in [-0.2, -0.15) is 0 Å². The SMILES string of the molecule is CCOC(=O)Cc1c(C(=O)OCC)c(O)cc(O)c1C(=O)OCC. The molecular formula is C16H20O8. The molecule has 1 rings (SSSR count). The third-order valence-corrected chi connectivity index (χ3v) is 2.97. The van der Waals surface area contributed by atoms with Crippen molar-refractivity contribution in [2.75, 3.05) is 19.8 Å². The minimum Gasteiger partial charge on any atom is -0.507 e. The van der Waals surface area contributed by atoms with Crippen LogP contribution in [0.4, 0.5) is 0 Å². The van der Waals surface area contributed by atoms with Crippen molar-refractivity contribution < 1.29 is 38.8 Å². The van der Waals surface area contributed by atoms with Gasteiger partial charge in [0.05, 0.1) is 26.2 Å². The van der Waals surface area contributed by atoms with Crippen molar-refractivity contribution in [3.05, 3.63) is 22.8 Å². The number of carbonyl (C=O) groups is 3. The fourth-order valence-electron chi connectivity index (χ4n) is 2.10. The molecule has 0 unspecified atom stereocenters. The van der Waals surface area contributed by atoms with Crippen LogP contribution in [0.5, 0.6) is 11.5 Å². The molecule has 0 radical (unpaired) electrons. The van der Waals surface area contributed by atoms with Gasteiger partial charge in [0.1, 0.15) is 22.6 Å². The predicted octanol–water partition coefficient (Wildman–Crippen LogP) is 1.56. The van der Waals surface area contributed by atoms with Crippen molar-refractivity contribution in [1.82, 2.24) is 0 Å². The summed E-state index contributed by atoms with van der Waals surface area (Å²) in [5, 5.41) is 20.0. The topological polar surface area (TPSA) is 119 Å². The molecule has 24 heavy (non-hydrogen) atoms. The Bertz CT molecular complexity index is 593. The highest BCUT2D eigenvalue weighted by Gasteiger charge is 2.29. The first-order valence-electron chi connectivity index (χ1n) is 7.44. The zero-order valence-electron chi connectivity index (χ0n) is 13.7. The zero-order valence-corrected chi connectivity index (χ0v) is 13.7. The van der Waals surface area contributed by atoms with Crippen LogP contribution < -0.4 is 0 Å². The van der Waals surface area contributed by atoms with Crippen molar-refractivity contribution in [3.63, 3.8) is 0 Å². The Morgan fingerprint density at radius 2 is 1.25 bits per heavy atom. The molecule has 0 saturated heterocycles. The van der Waals surface area contributed by atoms with Crippen molar-refractivity contribution in [3.8, 4) is 11.5 Å². The molecule has 1 aromatic rings. The number of phenolic OH excluding ortho intramolecular Hbond substituents is 2. The summed E-state index contributed by atoms with van der Waals surface area (Å²) in [7, 11) is 0. The van der Waals surface area contributed by atoms with Crippen LogP contribution in [0.15, 0.2) is 6.07 Å². The Hall–Kier alpha value is -2.77. The maximum absolute atomic E-state index is 12.1. The van der Waals surface area contributed by atoms with E-state index in [4.69, 9.17) is 14.2 Å². The number of esters is 3. The van der Waals surface area contributed by atoms with Crippen molar-refractivity contribution in [2.45, 2.75) is 27.2 Å². The first kappa shape index (κ1) is 19.3. The van der Waals surface area contributed by atoms with E-state index >= 15 is 0 Å². The highest BCUT2D eigenvalue weighted by molar-refractivity contribution is 6.03.